The van der Waals surface area contributed by atoms with E-state index in [-0.39, 0.29) is 5.24 Å². The smallest absolute Gasteiger partial charge is 0.343 e. The molecule has 0 aromatic rings. The zero-order chi connectivity index (χ0) is 37.0. The highest BCUT2D eigenvalue weighted by Crippen LogP contribution is 2.29. The molecule has 0 aliphatic carbocycles. The first-order valence-electron chi connectivity index (χ1n) is 21.7. The van der Waals surface area contributed by atoms with Crippen LogP contribution >= 0.6 is 11.6 Å². The van der Waals surface area contributed by atoms with Gasteiger partial charge >= 0.3 is 5.97 Å². The average molecular weight is 732 g/mol. The Labute approximate surface area is 315 Å². The number of nitrogens with zero attached hydrogens (tertiary/aromatic N) is 1. The standard InChI is InChI=1S/C43H84ClFN2O3/c1-5-7-9-11-26-30-36-43(45,35-29-10-8-6-2)42(49)50-39-34-40(46-37-31-38-47(3)4)32-27-24-22-20-18-16-14-12-13-15-17-19-21-23-25-28-33-41(44)48/h40,46H,5-39H2,1-4H3. The topological polar surface area (TPSA) is 58.6 Å². The second kappa shape index (κ2) is 36.6. The molecule has 0 aromatic heterocycles. The molecule has 0 radical (unpaired) electrons. The third-order valence-corrected chi connectivity index (χ3v) is 10.5. The van der Waals surface area contributed by atoms with Gasteiger partial charge in [-0.15, -0.1) is 0 Å². The normalized spacial score (nSPS) is 13.5. The lowest BCUT2D eigenvalue weighted by Crippen LogP contribution is -2.37. The number of hydrogen-bond acceptors (Lipinski definition) is 5. The van der Waals surface area contributed by atoms with Crippen LogP contribution in [-0.4, -0.2) is 61.6 Å². The Balaban J connectivity index is 4.32. The Bertz CT molecular complexity index is 756. The summed E-state index contributed by atoms with van der Waals surface area (Å²) in [6.45, 7) is 6.68. The van der Waals surface area contributed by atoms with Crippen LogP contribution in [0.25, 0.3) is 0 Å². The summed E-state index contributed by atoms with van der Waals surface area (Å²) in [4.78, 5) is 26.1. The molecule has 0 bridgehead atoms. The van der Waals surface area contributed by atoms with E-state index in [1.807, 2.05) is 0 Å². The Morgan fingerprint density at radius 3 is 1.50 bits per heavy atom. The van der Waals surface area contributed by atoms with Gasteiger partial charge < -0.3 is 15.0 Å². The zero-order valence-corrected chi connectivity index (χ0v) is 34.5. The van der Waals surface area contributed by atoms with Crippen LogP contribution in [0.1, 0.15) is 219 Å². The fourth-order valence-electron chi connectivity index (χ4n) is 6.95. The van der Waals surface area contributed by atoms with E-state index >= 15 is 4.39 Å². The molecule has 2 unspecified atom stereocenters. The van der Waals surface area contributed by atoms with E-state index in [0.29, 0.717) is 31.9 Å². The van der Waals surface area contributed by atoms with Gasteiger partial charge in [0.2, 0.25) is 10.9 Å². The fraction of sp³-hybridized carbons (Fsp3) is 0.953. The van der Waals surface area contributed by atoms with E-state index in [0.717, 1.165) is 90.1 Å². The average Bonchev–Trinajstić information content (AvgIpc) is 3.08. The van der Waals surface area contributed by atoms with Gasteiger partial charge in [0.05, 0.1) is 6.61 Å². The molecule has 1 N–H and O–H groups in total. The molecule has 0 amide bonds. The first-order valence-corrected chi connectivity index (χ1v) is 22.1. The molecule has 0 aromatic carbocycles. The van der Waals surface area contributed by atoms with Crippen molar-refractivity contribution in [3.8, 4) is 0 Å². The molecular weight excluding hydrogens is 647 g/mol. The summed E-state index contributed by atoms with van der Waals surface area (Å²) in [5.41, 5.74) is -1.83. The van der Waals surface area contributed by atoms with Crippen molar-refractivity contribution < 1.29 is 18.7 Å². The Hall–Kier alpha value is -0.720. The number of unbranched alkanes of at least 4 members (excludes halogenated alkanes) is 23. The van der Waals surface area contributed by atoms with Crippen molar-refractivity contribution in [1.29, 1.82) is 0 Å². The first kappa shape index (κ1) is 49.3. The number of halogens is 2. The molecule has 0 aliphatic heterocycles. The highest BCUT2D eigenvalue weighted by atomic mass is 35.5. The molecule has 0 heterocycles. The van der Waals surface area contributed by atoms with Crippen molar-refractivity contribution in [2.24, 2.45) is 0 Å². The maximum absolute atomic E-state index is 16.1. The number of ether oxygens (including phenoxy) is 1. The quantitative estimate of drug-likeness (QED) is 0.0386. The largest absolute Gasteiger partial charge is 0.463 e. The lowest BCUT2D eigenvalue weighted by Gasteiger charge is -2.25. The van der Waals surface area contributed by atoms with Gasteiger partial charge in [-0.05, 0) is 90.2 Å². The maximum atomic E-state index is 16.1. The molecule has 0 fully saturated rings. The van der Waals surface area contributed by atoms with Gasteiger partial charge in [0.15, 0.2) is 0 Å². The van der Waals surface area contributed by atoms with Crippen LogP contribution in [0.15, 0.2) is 0 Å². The van der Waals surface area contributed by atoms with E-state index in [4.69, 9.17) is 16.3 Å². The number of carbonyl (C=O) groups excluding carboxylic acids is 2. The van der Waals surface area contributed by atoms with Crippen molar-refractivity contribution >= 4 is 22.8 Å². The third kappa shape index (κ3) is 33.1. The van der Waals surface area contributed by atoms with Gasteiger partial charge in [-0.1, -0.05) is 162 Å². The van der Waals surface area contributed by atoms with E-state index in [2.05, 4.69) is 38.2 Å². The van der Waals surface area contributed by atoms with Crippen LogP contribution in [-0.2, 0) is 14.3 Å². The number of rotatable bonds is 40. The van der Waals surface area contributed by atoms with Gasteiger partial charge in [0.1, 0.15) is 0 Å². The second-order valence-electron chi connectivity index (χ2n) is 15.6. The van der Waals surface area contributed by atoms with Crippen LogP contribution in [0.3, 0.4) is 0 Å². The predicted molar refractivity (Wildman–Crippen MR) is 215 cm³/mol. The van der Waals surface area contributed by atoms with Crippen molar-refractivity contribution in [3.63, 3.8) is 0 Å². The molecule has 50 heavy (non-hydrogen) atoms. The summed E-state index contributed by atoms with van der Waals surface area (Å²) in [7, 11) is 4.21. The molecular formula is C43H84ClFN2O3. The monoisotopic (exact) mass is 731 g/mol. The molecule has 0 aliphatic rings. The highest BCUT2D eigenvalue weighted by Gasteiger charge is 2.39. The van der Waals surface area contributed by atoms with E-state index in [1.54, 1.807) is 0 Å². The van der Waals surface area contributed by atoms with Crippen molar-refractivity contribution in [2.75, 3.05) is 33.8 Å². The molecule has 0 spiro atoms. The van der Waals surface area contributed by atoms with Crippen molar-refractivity contribution in [1.82, 2.24) is 10.2 Å². The predicted octanol–water partition coefficient (Wildman–Crippen LogP) is 13.0. The van der Waals surface area contributed by atoms with E-state index in [1.165, 1.54) is 109 Å². The van der Waals surface area contributed by atoms with Crippen LogP contribution in [0.2, 0.25) is 0 Å². The summed E-state index contributed by atoms with van der Waals surface area (Å²) >= 11 is 5.39. The van der Waals surface area contributed by atoms with Gasteiger partial charge in [0, 0.05) is 12.5 Å². The summed E-state index contributed by atoms with van der Waals surface area (Å²) in [6, 6.07) is 0.309. The van der Waals surface area contributed by atoms with Gasteiger partial charge in [-0.2, -0.15) is 0 Å². The highest BCUT2D eigenvalue weighted by molar-refractivity contribution is 6.63. The van der Waals surface area contributed by atoms with Crippen LogP contribution in [0.4, 0.5) is 4.39 Å². The van der Waals surface area contributed by atoms with E-state index < -0.39 is 11.6 Å². The van der Waals surface area contributed by atoms with Gasteiger partial charge in [-0.25, -0.2) is 9.18 Å². The number of hydrogen-bond donors (Lipinski definition) is 1. The molecule has 2 atom stereocenters. The third-order valence-electron chi connectivity index (χ3n) is 10.3. The number of nitrogens with one attached hydrogen (secondary N) is 1. The Morgan fingerprint density at radius 2 is 1.04 bits per heavy atom. The van der Waals surface area contributed by atoms with Gasteiger partial charge in [0.25, 0.3) is 0 Å². The maximum Gasteiger partial charge on any atom is 0.343 e. The molecule has 298 valence electrons. The Kier molecular flexibility index (Phi) is 36.1. The van der Waals surface area contributed by atoms with Crippen molar-refractivity contribution in [3.05, 3.63) is 0 Å². The van der Waals surface area contributed by atoms with Crippen LogP contribution in [0.5, 0.6) is 0 Å². The summed E-state index contributed by atoms with van der Waals surface area (Å²) in [5.74, 6) is -0.612. The molecule has 0 saturated heterocycles. The number of alkyl halides is 1. The molecule has 7 heteroatoms. The summed E-state index contributed by atoms with van der Waals surface area (Å²) in [5, 5.41) is 3.53. The molecule has 5 nitrogen and oxygen atoms in total. The number of carbonyl (C=O) groups is 2. The van der Waals surface area contributed by atoms with Crippen molar-refractivity contribution in [2.45, 2.75) is 231 Å². The SMILES string of the molecule is CCCCCCCCC(F)(CCCCCC)C(=O)OCCC(CCCCCCCCCCCCCCCCCCC(=O)Cl)NCCCN(C)C. The minimum absolute atomic E-state index is 0.199. The minimum Gasteiger partial charge on any atom is -0.463 e. The lowest BCUT2D eigenvalue weighted by atomic mass is 9.91. The minimum atomic E-state index is -1.83. The summed E-state index contributed by atoms with van der Waals surface area (Å²) < 4.78 is 21.8. The van der Waals surface area contributed by atoms with Crippen LogP contribution in [0, 0.1) is 0 Å². The summed E-state index contributed by atoms with van der Waals surface area (Å²) in [6.07, 6.45) is 35.0. The number of esters is 1. The Morgan fingerprint density at radius 1 is 0.620 bits per heavy atom. The second-order valence-corrected chi connectivity index (χ2v) is 16.0. The molecule has 0 saturated carbocycles. The molecule has 0 rings (SSSR count). The van der Waals surface area contributed by atoms with Crippen LogP contribution < -0.4 is 5.32 Å². The van der Waals surface area contributed by atoms with E-state index in [9.17, 15) is 9.59 Å². The first-order chi connectivity index (χ1) is 24.2. The zero-order valence-electron chi connectivity index (χ0n) is 33.8. The fourth-order valence-corrected chi connectivity index (χ4v) is 7.08. The van der Waals surface area contributed by atoms with Gasteiger partial charge in [-0.3, -0.25) is 4.79 Å². The lowest BCUT2D eigenvalue weighted by molar-refractivity contribution is -0.159.